The Hall–Kier alpha value is -3.06. The fraction of sp³-hybridized carbons (Fsp3) is 0.182. The summed E-state index contributed by atoms with van der Waals surface area (Å²) in [5.41, 5.74) is 1.63. The van der Waals surface area contributed by atoms with Crippen LogP contribution in [-0.2, 0) is 16.1 Å². The molecule has 29 heavy (non-hydrogen) atoms. The Balaban J connectivity index is 1.41. The average molecular weight is 455 g/mol. The Morgan fingerprint density at radius 1 is 1.10 bits per heavy atom. The van der Waals surface area contributed by atoms with E-state index in [0.717, 1.165) is 15.8 Å². The maximum Gasteiger partial charge on any atom is 0.263 e. The second-order valence-electron chi connectivity index (χ2n) is 6.69. The highest BCUT2D eigenvalue weighted by Gasteiger charge is 2.32. The van der Waals surface area contributed by atoms with Gasteiger partial charge in [-0.3, -0.25) is 9.59 Å². The van der Waals surface area contributed by atoms with E-state index in [-0.39, 0.29) is 24.9 Å². The summed E-state index contributed by atoms with van der Waals surface area (Å²) in [5, 5.41) is 2.83. The zero-order chi connectivity index (χ0) is 20.4. The number of ether oxygens (including phenoxy) is 1. The fourth-order valence-electron chi connectivity index (χ4n) is 3.20. The molecule has 1 aromatic heterocycles. The molecule has 1 unspecified atom stereocenters. The molecule has 1 atom stereocenters. The molecule has 1 aliphatic heterocycles. The van der Waals surface area contributed by atoms with Crippen LogP contribution < -0.4 is 15.0 Å². The van der Waals surface area contributed by atoms with Crippen LogP contribution in [0.4, 0.5) is 5.69 Å². The minimum Gasteiger partial charge on any atom is -0.477 e. The van der Waals surface area contributed by atoms with Gasteiger partial charge in [0.05, 0.1) is 18.8 Å². The number of para-hydroxylation sites is 2. The van der Waals surface area contributed by atoms with E-state index in [4.69, 9.17) is 9.15 Å². The first kappa shape index (κ1) is 19.3. The van der Waals surface area contributed by atoms with Crippen molar-refractivity contribution < 1.29 is 18.7 Å². The van der Waals surface area contributed by atoms with Crippen LogP contribution in [0, 0.1) is 0 Å². The van der Waals surface area contributed by atoms with Crippen LogP contribution in [0.3, 0.4) is 0 Å². The highest BCUT2D eigenvalue weighted by atomic mass is 79.9. The molecule has 1 aliphatic rings. The minimum absolute atomic E-state index is 0.135. The number of carbonyl (C=O) groups is 2. The summed E-state index contributed by atoms with van der Waals surface area (Å²) in [6.45, 7) is 1.88. The predicted octanol–water partition coefficient (Wildman–Crippen LogP) is 4.14. The maximum atomic E-state index is 12.6. The number of hydrogen-bond acceptors (Lipinski definition) is 4. The van der Waals surface area contributed by atoms with Crippen molar-refractivity contribution in [1.82, 2.24) is 5.32 Å². The molecule has 6 nitrogen and oxygen atoms in total. The molecule has 0 fully saturated rings. The Morgan fingerprint density at radius 2 is 1.86 bits per heavy atom. The number of fused-ring (bicyclic) bond motifs is 1. The van der Waals surface area contributed by atoms with E-state index in [1.54, 1.807) is 17.0 Å². The van der Waals surface area contributed by atoms with E-state index in [1.807, 2.05) is 48.5 Å². The predicted molar refractivity (Wildman–Crippen MR) is 113 cm³/mol. The van der Waals surface area contributed by atoms with Gasteiger partial charge in [-0.2, -0.15) is 0 Å². The molecule has 1 N–H and O–H groups in total. The molecular weight excluding hydrogens is 436 g/mol. The summed E-state index contributed by atoms with van der Waals surface area (Å²) in [6, 6.07) is 18.7. The van der Waals surface area contributed by atoms with Crippen molar-refractivity contribution in [3.8, 4) is 17.1 Å². The van der Waals surface area contributed by atoms with Crippen molar-refractivity contribution in [2.24, 2.45) is 0 Å². The van der Waals surface area contributed by atoms with Gasteiger partial charge >= 0.3 is 0 Å². The van der Waals surface area contributed by atoms with E-state index in [9.17, 15) is 9.59 Å². The van der Waals surface area contributed by atoms with Crippen molar-refractivity contribution in [2.75, 3.05) is 11.4 Å². The number of halogens is 1. The first-order valence-corrected chi connectivity index (χ1v) is 9.97. The maximum absolute atomic E-state index is 12.6. The lowest BCUT2D eigenvalue weighted by Crippen LogP contribution is -2.50. The summed E-state index contributed by atoms with van der Waals surface area (Å²) >= 11 is 3.41. The van der Waals surface area contributed by atoms with Crippen LogP contribution in [0.25, 0.3) is 11.3 Å². The Labute approximate surface area is 176 Å². The normalized spacial score (nSPS) is 15.4. The number of amides is 2. The molecule has 2 aromatic carbocycles. The van der Waals surface area contributed by atoms with Gasteiger partial charge in [0, 0.05) is 17.0 Å². The van der Waals surface area contributed by atoms with Crippen molar-refractivity contribution in [2.45, 2.75) is 19.6 Å². The fourth-order valence-corrected chi connectivity index (χ4v) is 3.46. The van der Waals surface area contributed by atoms with E-state index < -0.39 is 6.10 Å². The van der Waals surface area contributed by atoms with Gasteiger partial charge in [-0.25, -0.2) is 0 Å². The number of hydrogen-bond donors (Lipinski definition) is 1. The number of nitrogens with one attached hydrogen (secondary N) is 1. The zero-order valence-electron chi connectivity index (χ0n) is 15.7. The third-order valence-electron chi connectivity index (χ3n) is 4.67. The van der Waals surface area contributed by atoms with Crippen LogP contribution >= 0.6 is 15.9 Å². The molecule has 2 amide bonds. The van der Waals surface area contributed by atoms with Crippen molar-refractivity contribution in [3.63, 3.8) is 0 Å². The average Bonchev–Trinajstić information content (AvgIpc) is 3.20. The summed E-state index contributed by atoms with van der Waals surface area (Å²) < 4.78 is 12.6. The van der Waals surface area contributed by atoms with Gasteiger partial charge in [0.15, 0.2) is 6.10 Å². The summed E-state index contributed by atoms with van der Waals surface area (Å²) in [4.78, 5) is 26.2. The number of furan rings is 1. The van der Waals surface area contributed by atoms with Gasteiger partial charge in [0.1, 0.15) is 17.3 Å². The Kier molecular flexibility index (Phi) is 5.40. The number of nitrogens with zero attached hydrogens (tertiary/aromatic N) is 1. The smallest absolute Gasteiger partial charge is 0.263 e. The van der Waals surface area contributed by atoms with Crippen molar-refractivity contribution >= 4 is 33.4 Å². The first-order chi connectivity index (χ1) is 14.0. The molecule has 0 spiro atoms. The zero-order valence-corrected chi connectivity index (χ0v) is 17.3. The van der Waals surface area contributed by atoms with Crippen LogP contribution in [0.2, 0.25) is 0 Å². The molecule has 0 aliphatic carbocycles. The lowest BCUT2D eigenvalue weighted by molar-refractivity contribution is -0.128. The monoisotopic (exact) mass is 454 g/mol. The second-order valence-corrected chi connectivity index (χ2v) is 7.61. The molecule has 0 bridgehead atoms. The molecule has 2 heterocycles. The van der Waals surface area contributed by atoms with Crippen LogP contribution in [0.15, 0.2) is 69.6 Å². The van der Waals surface area contributed by atoms with Crippen molar-refractivity contribution in [3.05, 3.63) is 70.9 Å². The molecule has 7 heteroatoms. The topological polar surface area (TPSA) is 71.8 Å². The molecular formula is C22H19BrN2O4. The molecule has 0 radical (unpaired) electrons. The van der Waals surface area contributed by atoms with Crippen LogP contribution in [0.1, 0.15) is 12.7 Å². The third-order valence-corrected chi connectivity index (χ3v) is 5.20. The summed E-state index contributed by atoms with van der Waals surface area (Å²) in [7, 11) is 0. The number of rotatable bonds is 4. The molecule has 0 saturated heterocycles. The number of benzene rings is 2. The molecule has 0 saturated carbocycles. The standard InChI is InChI=1S/C22H19BrN2O4/c1-14(26)25-13-21(29-20-5-3-2-4-18(20)25)22(27)24-12-17-10-11-19(28-17)15-6-8-16(23)9-7-15/h2-11,21H,12-13H2,1H3,(H,24,27). The molecule has 148 valence electrons. The number of carbonyl (C=O) groups excluding carboxylic acids is 2. The highest BCUT2D eigenvalue weighted by molar-refractivity contribution is 9.10. The quantitative estimate of drug-likeness (QED) is 0.642. The van der Waals surface area contributed by atoms with Gasteiger partial charge in [-0.15, -0.1) is 0 Å². The van der Waals surface area contributed by atoms with Gasteiger partial charge < -0.3 is 19.4 Å². The molecule has 4 rings (SSSR count). The Morgan fingerprint density at radius 3 is 2.62 bits per heavy atom. The molecule has 3 aromatic rings. The second kappa shape index (κ2) is 8.13. The minimum atomic E-state index is -0.783. The van der Waals surface area contributed by atoms with E-state index in [1.165, 1.54) is 6.92 Å². The number of anilines is 1. The third kappa shape index (κ3) is 4.19. The van der Waals surface area contributed by atoms with E-state index in [0.29, 0.717) is 17.2 Å². The van der Waals surface area contributed by atoms with Gasteiger partial charge in [0.2, 0.25) is 5.91 Å². The summed E-state index contributed by atoms with van der Waals surface area (Å²) in [5.74, 6) is 1.45. The van der Waals surface area contributed by atoms with Crippen molar-refractivity contribution in [1.29, 1.82) is 0 Å². The first-order valence-electron chi connectivity index (χ1n) is 9.17. The van der Waals surface area contributed by atoms with E-state index in [2.05, 4.69) is 21.2 Å². The SMILES string of the molecule is CC(=O)N1CC(C(=O)NCc2ccc(-c3ccc(Br)cc3)o2)Oc2ccccc21. The lowest BCUT2D eigenvalue weighted by Gasteiger charge is -2.33. The van der Waals surface area contributed by atoms with Gasteiger partial charge in [0.25, 0.3) is 5.91 Å². The van der Waals surface area contributed by atoms with E-state index >= 15 is 0 Å². The largest absolute Gasteiger partial charge is 0.477 e. The summed E-state index contributed by atoms with van der Waals surface area (Å²) in [6.07, 6.45) is -0.783. The van der Waals surface area contributed by atoms with Gasteiger partial charge in [-0.1, -0.05) is 40.2 Å². The van der Waals surface area contributed by atoms with Crippen LogP contribution in [-0.4, -0.2) is 24.5 Å². The van der Waals surface area contributed by atoms with Gasteiger partial charge in [-0.05, 0) is 36.4 Å². The Bertz CT molecular complexity index is 1040. The highest BCUT2D eigenvalue weighted by Crippen LogP contribution is 2.33. The van der Waals surface area contributed by atoms with Crippen LogP contribution in [0.5, 0.6) is 5.75 Å². The lowest BCUT2D eigenvalue weighted by atomic mass is 10.1.